The molecule has 3 rings (SSSR count). The first-order chi connectivity index (χ1) is 10.4. The third kappa shape index (κ3) is 2.26. The Balaban J connectivity index is 1.93. The molecule has 0 aromatic heterocycles. The van der Waals surface area contributed by atoms with Crippen LogP contribution in [-0.4, -0.2) is 55.7 Å². The zero-order chi connectivity index (χ0) is 16.0. The van der Waals surface area contributed by atoms with Gasteiger partial charge in [0.05, 0.1) is 20.3 Å². The largest absolute Gasteiger partial charge is 0.508 e. The van der Waals surface area contributed by atoms with E-state index in [-0.39, 0.29) is 24.5 Å². The first-order valence-electron chi connectivity index (χ1n) is 7.16. The van der Waals surface area contributed by atoms with Crippen LogP contribution < -0.4 is 0 Å². The van der Waals surface area contributed by atoms with E-state index in [0.29, 0.717) is 19.6 Å². The van der Waals surface area contributed by atoms with Gasteiger partial charge in [-0.15, -0.1) is 0 Å². The van der Waals surface area contributed by atoms with E-state index in [0.717, 1.165) is 7.11 Å². The number of Topliss-reactive ketones (excluding diaryl/α,β-unsaturated/α-hetero) is 1. The summed E-state index contributed by atoms with van der Waals surface area (Å²) in [6.07, 6.45) is -1.45. The highest BCUT2D eigenvalue weighted by atomic mass is 16.7. The Bertz CT molecular complexity index is 509. The van der Waals surface area contributed by atoms with Crippen LogP contribution in [0.25, 0.3) is 0 Å². The molecule has 0 N–H and O–H groups in total. The van der Waals surface area contributed by atoms with Gasteiger partial charge in [0.1, 0.15) is 0 Å². The van der Waals surface area contributed by atoms with Gasteiger partial charge in [0, 0.05) is 32.1 Å². The lowest BCUT2D eigenvalue weighted by molar-refractivity contribution is -0.192. The molecular weight excluding hydrogens is 296 g/mol. The molecule has 1 spiro atoms. The van der Waals surface area contributed by atoms with E-state index in [9.17, 15) is 14.4 Å². The van der Waals surface area contributed by atoms with Crippen molar-refractivity contribution in [2.45, 2.75) is 43.7 Å². The highest BCUT2D eigenvalue weighted by molar-refractivity contribution is 5.90. The van der Waals surface area contributed by atoms with Crippen LogP contribution in [0.3, 0.4) is 0 Å². The number of carbonyl (C=O) groups is 3. The molecule has 8 nitrogen and oxygen atoms in total. The fourth-order valence-corrected chi connectivity index (χ4v) is 3.83. The van der Waals surface area contributed by atoms with Gasteiger partial charge in [-0.1, -0.05) is 0 Å². The minimum atomic E-state index is -1.25. The van der Waals surface area contributed by atoms with Crippen molar-refractivity contribution >= 4 is 17.9 Å². The number of fused-ring (bicyclic) bond motifs is 1. The third-order valence-corrected chi connectivity index (χ3v) is 4.51. The molecule has 1 unspecified atom stereocenters. The van der Waals surface area contributed by atoms with Crippen LogP contribution in [0.15, 0.2) is 0 Å². The number of carbonyl (C=O) groups excluding carboxylic acids is 3. The molecule has 1 heterocycles. The Hall–Kier alpha value is -1.67. The number of ether oxygens (including phenoxy) is 5. The second-order valence-electron chi connectivity index (χ2n) is 5.86. The maximum Gasteiger partial charge on any atom is 0.508 e. The van der Waals surface area contributed by atoms with Crippen molar-refractivity contribution in [3.8, 4) is 0 Å². The molecular formula is C14H18O8. The summed E-state index contributed by atoms with van der Waals surface area (Å²) in [5.74, 6) is -2.02. The number of hydrogen-bond acceptors (Lipinski definition) is 8. The minimum Gasteiger partial charge on any atom is -0.454 e. The number of methoxy groups -OCH3 is 1. The van der Waals surface area contributed by atoms with E-state index >= 15 is 0 Å². The average molecular weight is 314 g/mol. The Morgan fingerprint density at radius 2 is 1.95 bits per heavy atom. The molecule has 2 saturated carbocycles. The van der Waals surface area contributed by atoms with Gasteiger partial charge >= 0.3 is 12.1 Å². The molecule has 0 aromatic rings. The summed E-state index contributed by atoms with van der Waals surface area (Å²) < 4.78 is 26.4. The number of esters is 1. The summed E-state index contributed by atoms with van der Waals surface area (Å²) >= 11 is 0. The van der Waals surface area contributed by atoms with Crippen LogP contribution in [0, 0.1) is 5.92 Å². The Kier molecular flexibility index (Phi) is 3.60. The lowest BCUT2D eigenvalue weighted by Crippen LogP contribution is -2.49. The second-order valence-corrected chi connectivity index (χ2v) is 5.86. The molecule has 1 aliphatic heterocycles. The average Bonchev–Trinajstić information content (AvgIpc) is 3.06. The van der Waals surface area contributed by atoms with Gasteiger partial charge in [0.2, 0.25) is 6.10 Å². The van der Waals surface area contributed by atoms with Crippen molar-refractivity contribution in [3.05, 3.63) is 0 Å². The normalized spacial score (nSPS) is 35.5. The van der Waals surface area contributed by atoms with E-state index < -0.39 is 29.6 Å². The first-order valence-corrected chi connectivity index (χ1v) is 7.16. The molecule has 8 heteroatoms. The van der Waals surface area contributed by atoms with Crippen LogP contribution in [0.4, 0.5) is 4.79 Å². The molecule has 1 saturated heterocycles. The molecule has 3 fully saturated rings. The van der Waals surface area contributed by atoms with Gasteiger partial charge in [-0.3, -0.25) is 9.59 Å². The van der Waals surface area contributed by atoms with Crippen LogP contribution in [0.5, 0.6) is 0 Å². The summed E-state index contributed by atoms with van der Waals surface area (Å²) in [6, 6.07) is 0. The van der Waals surface area contributed by atoms with E-state index in [1.165, 1.54) is 6.92 Å². The Morgan fingerprint density at radius 3 is 2.55 bits per heavy atom. The molecule has 3 atom stereocenters. The predicted octanol–water partition coefficient (Wildman–Crippen LogP) is 0.566. The van der Waals surface area contributed by atoms with Gasteiger partial charge < -0.3 is 23.7 Å². The summed E-state index contributed by atoms with van der Waals surface area (Å²) in [4.78, 5) is 35.2. The van der Waals surface area contributed by atoms with Crippen LogP contribution in [-0.2, 0) is 33.3 Å². The molecule has 0 amide bonds. The maximum atomic E-state index is 12.2. The summed E-state index contributed by atoms with van der Waals surface area (Å²) in [5.41, 5.74) is -1.25. The zero-order valence-corrected chi connectivity index (χ0v) is 12.5. The second kappa shape index (κ2) is 5.20. The minimum absolute atomic E-state index is 0.142. The van der Waals surface area contributed by atoms with Crippen LogP contribution in [0.1, 0.15) is 26.2 Å². The topological polar surface area (TPSA) is 97.4 Å². The SMILES string of the molecule is COC(=O)OC1C(=O)C[C@H]2CC3(C[C@@]12OC(C)=O)OCCO3. The summed E-state index contributed by atoms with van der Waals surface area (Å²) in [5, 5.41) is 0. The maximum absolute atomic E-state index is 12.2. The van der Waals surface area contributed by atoms with Crippen molar-refractivity contribution in [3.63, 3.8) is 0 Å². The predicted molar refractivity (Wildman–Crippen MR) is 68.8 cm³/mol. The van der Waals surface area contributed by atoms with Crippen molar-refractivity contribution < 1.29 is 38.1 Å². The fourth-order valence-electron chi connectivity index (χ4n) is 3.83. The third-order valence-electron chi connectivity index (χ3n) is 4.51. The van der Waals surface area contributed by atoms with Crippen molar-refractivity contribution in [2.24, 2.45) is 5.92 Å². The highest BCUT2D eigenvalue weighted by Gasteiger charge is 2.70. The Labute approximate surface area is 127 Å². The highest BCUT2D eigenvalue weighted by Crippen LogP contribution is 2.56. The zero-order valence-electron chi connectivity index (χ0n) is 12.5. The Morgan fingerprint density at radius 1 is 1.27 bits per heavy atom. The quantitative estimate of drug-likeness (QED) is 0.682. The number of ketones is 1. The van der Waals surface area contributed by atoms with Gasteiger partial charge in [0.25, 0.3) is 0 Å². The summed E-state index contributed by atoms with van der Waals surface area (Å²) in [6.45, 7) is 2.14. The van der Waals surface area contributed by atoms with Gasteiger partial charge in [0.15, 0.2) is 17.2 Å². The summed E-state index contributed by atoms with van der Waals surface area (Å²) in [7, 11) is 1.15. The lowest BCUT2D eigenvalue weighted by Gasteiger charge is -2.33. The first kappa shape index (κ1) is 15.2. The van der Waals surface area contributed by atoms with E-state index in [1.807, 2.05) is 0 Å². The number of rotatable bonds is 2. The smallest absolute Gasteiger partial charge is 0.454 e. The van der Waals surface area contributed by atoms with Gasteiger partial charge in [-0.25, -0.2) is 4.79 Å². The van der Waals surface area contributed by atoms with Gasteiger partial charge in [-0.2, -0.15) is 0 Å². The molecule has 0 aromatic carbocycles. The molecule has 2 aliphatic carbocycles. The van der Waals surface area contributed by atoms with Crippen molar-refractivity contribution in [2.75, 3.05) is 20.3 Å². The molecule has 3 aliphatic rings. The van der Waals surface area contributed by atoms with Crippen LogP contribution in [0.2, 0.25) is 0 Å². The van der Waals surface area contributed by atoms with E-state index in [1.54, 1.807) is 0 Å². The number of hydrogen-bond donors (Lipinski definition) is 0. The molecule has 0 radical (unpaired) electrons. The molecule has 122 valence electrons. The van der Waals surface area contributed by atoms with Gasteiger partial charge in [-0.05, 0) is 0 Å². The van der Waals surface area contributed by atoms with Crippen molar-refractivity contribution in [1.29, 1.82) is 0 Å². The fraction of sp³-hybridized carbons (Fsp3) is 0.786. The molecule has 22 heavy (non-hydrogen) atoms. The lowest BCUT2D eigenvalue weighted by atomic mass is 9.92. The van der Waals surface area contributed by atoms with E-state index in [2.05, 4.69) is 4.74 Å². The van der Waals surface area contributed by atoms with Crippen molar-refractivity contribution in [1.82, 2.24) is 0 Å². The monoisotopic (exact) mass is 314 g/mol. The molecule has 0 bridgehead atoms. The van der Waals surface area contributed by atoms with Crippen LogP contribution >= 0.6 is 0 Å². The van der Waals surface area contributed by atoms with E-state index in [4.69, 9.17) is 18.9 Å². The standard InChI is InChI=1S/C14H18O8/c1-8(15)22-14-7-13(19-3-4-20-13)6-9(14)5-10(16)11(14)21-12(17)18-2/h9,11H,3-7H2,1-2H3/t9-,11?,14-/m0/s1.